The van der Waals surface area contributed by atoms with Crippen molar-refractivity contribution in [2.75, 3.05) is 19.0 Å². The van der Waals surface area contributed by atoms with E-state index >= 15 is 0 Å². The maximum absolute atomic E-state index is 12.7. The molecule has 0 heterocycles. The molecule has 0 aliphatic carbocycles. The fraction of sp³-hybridized carbons (Fsp3) is 0.263. The van der Waals surface area contributed by atoms with E-state index in [2.05, 4.69) is 5.32 Å². The molecular weight excluding hydrogens is 423 g/mol. The molecule has 0 radical (unpaired) electrons. The van der Waals surface area contributed by atoms with Gasteiger partial charge in [0.15, 0.2) is 0 Å². The summed E-state index contributed by atoms with van der Waals surface area (Å²) in [5.41, 5.74) is 1.21. The minimum absolute atomic E-state index is 0.0309. The van der Waals surface area contributed by atoms with Crippen molar-refractivity contribution in [1.82, 2.24) is 0 Å². The van der Waals surface area contributed by atoms with E-state index in [0.717, 1.165) is 0 Å². The molecule has 2 N–H and O–H groups in total. The fourth-order valence-corrected chi connectivity index (χ4v) is 3.12. The molecule has 10 heteroatoms. The Morgan fingerprint density at radius 3 is 2.48 bits per heavy atom. The highest BCUT2D eigenvalue weighted by molar-refractivity contribution is 6.35. The Labute approximate surface area is 176 Å². The molecule has 29 heavy (non-hydrogen) atoms. The number of aromatic carboxylic acids is 1. The van der Waals surface area contributed by atoms with Gasteiger partial charge in [0.05, 0.1) is 5.56 Å². The molecule has 8 nitrogen and oxygen atoms in total. The quantitative estimate of drug-likeness (QED) is 0.453. The van der Waals surface area contributed by atoms with E-state index in [-0.39, 0.29) is 30.6 Å². The van der Waals surface area contributed by atoms with Crippen molar-refractivity contribution in [3.8, 4) is 0 Å². The summed E-state index contributed by atoms with van der Waals surface area (Å²) >= 11 is 12.0. The zero-order valence-electron chi connectivity index (χ0n) is 15.4. The first kappa shape index (κ1) is 22.6. The molecule has 1 atom stereocenters. The number of rotatable bonds is 9. The Balaban J connectivity index is 2.24. The van der Waals surface area contributed by atoms with Crippen LogP contribution in [0.5, 0.6) is 0 Å². The molecular formula is C19H18Cl2N2O6. The molecule has 1 amide bonds. The molecule has 0 aromatic heterocycles. The van der Waals surface area contributed by atoms with Gasteiger partial charge in [-0.1, -0.05) is 35.3 Å². The van der Waals surface area contributed by atoms with E-state index in [1.54, 1.807) is 18.2 Å². The Morgan fingerprint density at radius 2 is 1.90 bits per heavy atom. The minimum atomic E-state index is -1.18. The van der Waals surface area contributed by atoms with Crippen LogP contribution < -0.4 is 5.32 Å². The van der Waals surface area contributed by atoms with Crippen LogP contribution in [0.3, 0.4) is 0 Å². The lowest BCUT2D eigenvalue weighted by Gasteiger charge is -2.18. The van der Waals surface area contributed by atoms with Gasteiger partial charge in [0.1, 0.15) is 6.10 Å². The highest BCUT2D eigenvalue weighted by atomic mass is 35.5. The number of hydrogen-bond acceptors (Lipinski definition) is 5. The van der Waals surface area contributed by atoms with Gasteiger partial charge in [0.2, 0.25) is 6.54 Å². The second-order valence-electron chi connectivity index (χ2n) is 6.14. The first-order valence-electron chi connectivity index (χ1n) is 8.47. The van der Waals surface area contributed by atoms with Crippen molar-refractivity contribution in [3.63, 3.8) is 0 Å². The van der Waals surface area contributed by atoms with Gasteiger partial charge in [-0.15, -0.1) is 0 Å². The highest BCUT2D eigenvalue weighted by Crippen LogP contribution is 2.24. The lowest BCUT2D eigenvalue weighted by atomic mass is 10.0. The summed E-state index contributed by atoms with van der Waals surface area (Å²) in [6.07, 6.45) is -0.741. The van der Waals surface area contributed by atoms with Crippen LogP contribution in [-0.2, 0) is 22.4 Å². The number of benzene rings is 2. The van der Waals surface area contributed by atoms with Crippen LogP contribution in [0.15, 0.2) is 36.4 Å². The van der Waals surface area contributed by atoms with Gasteiger partial charge in [-0.25, -0.2) is 4.79 Å². The number of ether oxygens (including phenoxy) is 1. The van der Waals surface area contributed by atoms with E-state index in [9.17, 15) is 24.8 Å². The summed E-state index contributed by atoms with van der Waals surface area (Å²) in [6.45, 7) is -0.358. The molecule has 1 unspecified atom stereocenters. The predicted molar refractivity (Wildman–Crippen MR) is 109 cm³/mol. The van der Waals surface area contributed by atoms with E-state index in [0.29, 0.717) is 21.2 Å². The first-order valence-corrected chi connectivity index (χ1v) is 9.22. The monoisotopic (exact) mass is 440 g/mol. The van der Waals surface area contributed by atoms with Crippen LogP contribution >= 0.6 is 23.2 Å². The molecule has 0 saturated heterocycles. The van der Waals surface area contributed by atoms with Gasteiger partial charge in [0.25, 0.3) is 5.91 Å². The zero-order valence-corrected chi connectivity index (χ0v) is 16.9. The van der Waals surface area contributed by atoms with Crippen molar-refractivity contribution in [3.05, 3.63) is 73.2 Å². The van der Waals surface area contributed by atoms with Gasteiger partial charge >= 0.3 is 5.97 Å². The van der Waals surface area contributed by atoms with Crippen molar-refractivity contribution < 1.29 is 24.4 Å². The second-order valence-corrected chi connectivity index (χ2v) is 6.98. The number of hydrogen-bond donors (Lipinski definition) is 2. The number of halogens is 2. The Hall–Kier alpha value is -2.68. The van der Waals surface area contributed by atoms with E-state index < -0.39 is 22.9 Å². The number of nitrogens with zero attached hydrogens (tertiary/aromatic N) is 1. The lowest BCUT2D eigenvalue weighted by Crippen LogP contribution is -2.32. The van der Waals surface area contributed by atoms with Crippen molar-refractivity contribution in [1.29, 1.82) is 0 Å². The number of carboxylic acids is 1. The molecule has 0 aliphatic heterocycles. The van der Waals surface area contributed by atoms with Gasteiger partial charge < -0.3 is 15.2 Å². The average Bonchev–Trinajstić information content (AvgIpc) is 2.66. The fourth-order valence-electron chi connectivity index (χ4n) is 2.64. The third kappa shape index (κ3) is 6.42. The maximum atomic E-state index is 12.7. The van der Waals surface area contributed by atoms with Crippen LogP contribution in [0.4, 0.5) is 5.69 Å². The van der Waals surface area contributed by atoms with Crippen LogP contribution in [0, 0.1) is 10.1 Å². The third-order valence-electron chi connectivity index (χ3n) is 4.18. The summed E-state index contributed by atoms with van der Waals surface area (Å²) in [5, 5.41) is 23.3. The third-order valence-corrected chi connectivity index (χ3v) is 4.76. The Morgan fingerprint density at radius 1 is 1.21 bits per heavy atom. The number of carbonyl (C=O) groups excluding carboxylic acids is 1. The molecule has 0 fully saturated rings. The van der Waals surface area contributed by atoms with Gasteiger partial charge in [-0.3, -0.25) is 14.9 Å². The van der Waals surface area contributed by atoms with Crippen molar-refractivity contribution in [2.24, 2.45) is 0 Å². The van der Waals surface area contributed by atoms with Crippen LogP contribution in [0.2, 0.25) is 10.0 Å². The average molecular weight is 441 g/mol. The van der Waals surface area contributed by atoms with Crippen LogP contribution in [-0.4, -0.2) is 41.7 Å². The molecule has 2 rings (SSSR count). The zero-order chi connectivity index (χ0) is 21.6. The minimum Gasteiger partial charge on any atom is -0.478 e. The van der Waals surface area contributed by atoms with E-state index in [1.165, 1.54) is 25.3 Å². The Kier molecular flexibility index (Phi) is 7.95. The van der Waals surface area contributed by atoms with Crippen molar-refractivity contribution >= 4 is 40.8 Å². The summed E-state index contributed by atoms with van der Waals surface area (Å²) < 4.78 is 5.26. The highest BCUT2D eigenvalue weighted by Gasteiger charge is 2.22. The molecule has 2 aromatic rings. The van der Waals surface area contributed by atoms with Gasteiger partial charge in [-0.2, -0.15) is 0 Å². The first-order chi connectivity index (χ1) is 13.7. The standard InChI is InChI=1S/C19H18Cl2N2O6/c1-29-17(9-12-4-5-14(20)10-15(12)21)18(24)22-16-8-13(19(25)26)3-2-11(16)6-7-23(27)28/h2-5,8,10,17H,6-7,9H2,1H3,(H,22,24)(H,25,26). The van der Waals surface area contributed by atoms with Crippen LogP contribution in [0.25, 0.3) is 0 Å². The van der Waals surface area contributed by atoms with Gasteiger partial charge in [-0.05, 0) is 35.4 Å². The number of carbonyl (C=O) groups is 2. The Bertz CT molecular complexity index is 935. The topological polar surface area (TPSA) is 119 Å². The largest absolute Gasteiger partial charge is 0.478 e. The number of anilines is 1. The molecule has 0 aliphatic rings. The lowest BCUT2D eigenvalue weighted by molar-refractivity contribution is -0.479. The number of nitrogens with one attached hydrogen (secondary N) is 1. The normalized spacial score (nSPS) is 11.7. The molecule has 0 spiro atoms. The van der Waals surface area contributed by atoms with E-state index in [1.807, 2.05) is 0 Å². The summed E-state index contributed by atoms with van der Waals surface area (Å²) in [4.78, 5) is 34.1. The number of carboxylic acid groups (broad SMARTS) is 1. The SMILES string of the molecule is COC(Cc1ccc(Cl)cc1Cl)C(=O)Nc1cc(C(=O)O)ccc1CC[N+](=O)[O-]. The smallest absolute Gasteiger partial charge is 0.335 e. The summed E-state index contributed by atoms with van der Waals surface area (Å²) in [6, 6.07) is 8.90. The summed E-state index contributed by atoms with van der Waals surface area (Å²) in [7, 11) is 1.36. The second kappa shape index (κ2) is 10.2. The van der Waals surface area contributed by atoms with E-state index in [4.69, 9.17) is 27.9 Å². The molecule has 0 saturated carbocycles. The predicted octanol–water partition coefficient (Wildman–Crippen LogP) is 3.71. The van der Waals surface area contributed by atoms with Crippen LogP contribution in [0.1, 0.15) is 21.5 Å². The molecule has 154 valence electrons. The number of methoxy groups -OCH3 is 1. The molecule has 0 bridgehead atoms. The van der Waals surface area contributed by atoms with Crippen molar-refractivity contribution in [2.45, 2.75) is 18.9 Å². The number of nitro groups is 1. The molecule has 2 aromatic carbocycles. The van der Waals surface area contributed by atoms with Gasteiger partial charge in [0, 0.05) is 40.6 Å². The number of amides is 1. The maximum Gasteiger partial charge on any atom is 0.335 e. The summed E-state index contributed by atoms with van der Waals surface area (Å²) in [5.74, 6) is -1.72.